The van der Waals surface area contributed by atoms with Gasteiger partial charge >= 0.3 is 12.1 Å². The summed E-state index contributed by atoms with van der Waals surface area (Å²) in [7, 11) is 0. The van der Waals surface area contributed by atoms with Crippen LogP contribution in [0, 0.1) is 5.41 Å². The second kappa shape index (κ2) is 8.77. The summed E-state index contributed by atoms with van der Waals surface area (Å²) in [6.45, 7) is 2.36. The Balaban J connectivity index is 0.000000339. The summed E-state index contributed by atoms with van der Waals surface area (Å²) >= 11 is 0. The van der Waals surface area contributed by atoms with Gasteiger partial charge < -0.3 is 14.4 Å². The topological polar surface area (TPSA) is 82.7 Å². The van der Waals surface area contributed by atoms with Crippen LogP contribution in [-0.2, 0) is 11.3 Å². The van der Waals surface area contributed by atoms with Gasteiger partial charge in [-0.2, -0.15) is 13.2 Å². The first-order chi connectivity index (χ1) is 14.5. The van der Waals surface area contributed by atoms with E-state index >= 15 is 0 Å². The molecule has 12 heteroatoms. The number of carbonyl (C=O) groups is 1. The van der Waals surface area contributed by atoms with Crippen LogP contribution in [0.4, 0.5) is 27.8 Å². The highest BCUT2D eigenvalue weighted by atomic mass is 19.4. The third-order valence-corrected chi connectivity index (χ3v) is 5.50. The smallest absolute Gasteiger partial charge is 0.475 e. The van der Waals surface area contributed by atoms with E-state index in [2.05, 4.69) is 14.9 Å². The largest absolute Gasteiger partial charge is 0.490 e. The number of carboxylic acids is 1. The normalized spacial score (nSPS) is 23.5. The Morgan fingerprint density at radius 1 is 1.19 bits per heavy atom. The number of halogens is 5. The minimum absolute atomic E-state index is 0.0981. The quantitative estimate of drug-likeness (QED) is 0.721. The highest BCUT2D eigenvalue weighted by molar-refractivity contribution is 5.73. The van der Waals surface area contributed by atoms with Gasteiger partial charge in [0.2, 0.25) is 0 Å². The average molecular weight is 448 g/mol. The maximum Gasteiger partial charge on any atom is 0.490 e. The SMILES string of the molecule is FC1(F)CCN(Cc2ccoc2)CC12CCN(c1cnccn1)C2.O=C(O)C(F)(F)F. The van der Waals surface area contributed by atoms with Crippen molar-refractivity contribution < 1.29 is 36.3 Å². The fourth-order valence-electron chi connectivity index (χ4n) is 3.91. The van der Waals surface area contributed by atoms with Crippen molar-refractivity contribution in [1.82, 2.24) is 14.9 Å². The number of aromatic nitrogens is 2. The molecule has 0 amide bonds. The first-order valence-corrected chi connectivity index (χ1v) is 9.45. The third-order valence-electron chi connectivity index (χ3n) is 5.50. The van der Waals surface area contributed by atoms with E-state index in [9.17, 15) is 22.0 Å². The van der Waals surface area contributed by atoms with E-state index in [0.29, 0.717) is 45.0 Å². The maximum atomic E-state index is 14.8. The van der Waals surface area contributed by atoms with E-state index in [1.165, 1.54) is 0 Å². The lowest BCUT2D eigenvalue weighted by molar-refractivity contribution is -0.192. The number of hydrogen-bond acceptors (Lipinski definition) is 6. The van der Waals surface area contributed by atoms with Crippen molar-refractivity contribution in [2.24, 2.45) is 5.41 Å². The molecule has 0 aromatic carbocycles. The Bertz CT molecular complexity index is 863. The summed E-state index contributed by atoms with van der Waals surface area (Å²) in [5.41, 5.74) is 0.00566. The number of rotatable bonds is 3. The van der Waals surface area contributed by atoms with Crippen molar-refractivity contribution in [2.75, 3.05) is 31.1 Å². The molecule has 2 aromatic rings. The third kappa shape index (κ3) is 5.30. The van der Waals surface area contributed by atoms with Crippen LogP contribution in [0.5, 0.6) is 0 Å². The number of hydrogen-bond donors (Lipinski definition) is 1. The van der Waals surface area contributed by atoms with Crippen molar-refractivity contribution in [2.45, 2.75) is 31.5 Å². The molecule has 2 fully saturated rings. The molecule has 2 saturated heterocycles. The first kappa shape index (κ1) is 22.9. The number of furan rings is 1. The number of piperidine rings is 1. The monoisotopic (exact) mass is 448 g/mol. The van der Waals surface area contributed by atoms with Gasteiger partial charge in [-0.25, -0.2) is 18.6 Å². The molecule has 1 unspecified atom stereocenters. The lowest BCUT2D eigenvalue weighted by atomic mass is 9.75. The molecule has 4 rings (SSSR count). The lowest BCUT2D eigenvalue weighted by Gasteiger charge is -2.45. The van der Waals surface area contributed by atoms with Gasteiger partial charge in [-0.3, -0.25) is 9.88 Å². The fourth-order valence-corrected chi connectivity index (χ4v) is 3.91. The molecule has 0 radical (unpaired) electrons. The molecule has 2 aromatic heterocycles. The van der Waals surface area contributed by atoms with Crippen LogP contribution in [-0.4, -0.2) is 64.2 Å². The van der Waals surface area contributed by atoms with E-state index in [1.807, 2.05) is 11.0 Å². The summed E-state index contributed by atoms with van der Waals surface area (Å²) < 4.78 is 66.4. The Labute approximate surface area is 174 Å². The number of anilines is 1. The Kier molecular flexibility index (Phi) is 6.48. The fraction of sp³-hybridized carbons (Fsp3) is 0.526. The minimum atomic E-state index is -5.08. The predicted octanol–water partition coefficient (Wildman–Crippen LogP) is 3.44. The van der Waals surface area contributed by atoms with Crippen molar-refractivity contribution in [1.29, 1.82) is 0 Å². The molecule has 1 spiro atoms. The summed E-state index contributed by atoms with van der Waals surface area (Å²) in [5.74, 6) is -4.73. The molecule has 0 saturated carbocycles. The number of alkyl halides is 5. The molecule has 1 N–H and O–H groups in total. The molecule has 31 heavy (non-hydrogen) atoms. The van der Waals surface area contributed by atoms with Crippen LogP contribution in [0.1, 0.15) is 18.4 Å². The van der Waals surface area contributed by atoms with E-state index < -0.39 is 23.5 Å². The van der Waals surface area contributed by atoms with Crippen LogP contribution in [0.15, 0.2) is 41.6 Å². The van der Waals surface area contributed by atoms with Gasteiger partial charge in [0.1, 0.15) is 5.82 Å². The molecule has 2 aliphatic rings. The molecular formula is C19H21F5N4O3. The van der Waals surface area contributed by atoms with Gasteiger partial charge in [0.15, 0.2) is 0 Å². The maximum absolute atomic E-state index is 14.8. The van der Waals surface area contributed by atoms with Gasteiger partial charge in [0.25, 0.3) is 5.92 Å². The van der Waals surface area contributed by atoms with Crippen LogP contribution < -0.4 is 4.90 Å². The van der Waals surface area contributed by atoms with Crippen LogP contribution in [0.3, 0.4) is 0 Å². The Hall–Kier alpha value is -2.76. The molecule has 170 valence electrons. The summed E-state index contributed by atoms with van der Waals surface area (Å²) in [6, 6.07) is 1.89. The molecule has 1 atom stereocenters. The number of carboxylic acid groups (broad SMARTS) is 1. The molecule has 7 nitrogen and oxygen atoms in total. The van der Waals surface area contributed by atoms with Gasteiger partial charge in [-0.15, -0.1) is 0 Å². The van der Waals surface area contributed by atoms with Crippen molar-refractivity contribution >= 4 is 11.8 Å². The summed E-state index contributed by atoms with van der Waals surface area (Å²) in [6.07, 6.45) is 3.43. The number of likely N-dealkylation sites (tertiary alicyclic amines) is 1. The van der Waals surface area contributed by atoms with E-state index in [0.717, 1.165) is 5.56 Å². The summed E-state index contributed by atoms with van der Waals surface area (Å²) in [5, 5.41) is 7.12. The lowest BCUT2D eigenvalue weighted by Crippen LogP contribution is -2.56. The van der Waals surface area contributed by atoms with Gasteiger partial charge in [-0.1, -0.05) is 0 Å². The van der Waals surface area contributed by atoms with E-state index in [4.69, 9.17) is 14.3 Å². The van der Waals surface area contributed by atoms with Gasteiger partial charge in [0, 0.05) is 57.1 Å². The standard InChI is InChI=1S/C17H20F2N4O.C2HF3O2/c18-17(19)3-6-22(10-14-1-8-24-11-14)12-16(17)2-7-23(13-16)15-9-20-4-5-21-15;3-2(4,5)1(6)7/h1,4-5,8-9,11H,2-3,6-7,10,12-13H2;(H,6,7). The Morgan fingerprint density at radius 2 is 1.94 bits per heavy atom. The molecule has 2 aliphatic heterocycles. The molecule has 4 heterocycles. The van der Waals surface area contributed by atoms with E-state index in [-0.39, 0.29) is 6.42 Å². The highest BCUT2D eigenvalue weighted by Gasteiger charge is 2.59. The van der Waals surface area contributed by atoms with Gasteiger partial charge in [0.05, 0.1) is 24.1 Å². The van der Waals surface area contributed by atoms with Crippen molar-refractivity contribution in [3.8, 4) is 0 Å². The molecule has 0 bridgehead atoms. The van der Waals surface area contributed by atoms with Crippen LogP contribution in [0.25, 0.3) is 0 Å². The van der Waals surface area contributed by atoms with Crippen LogP contribution in [0.2, 0.25) is 0 Å². The summed E-state index contributed by atoms with van der Waals surface area (Å²) in [4.78, 5) is 21.3. The highest BCUT2D eigenvalue weighted by Crippen LogP contribution is 2.50. The second-order valence-electron chi connectivity index (χ2n) is 7.62. The Morgan fingerprint density at radius 3 is 2.52 bits per heavy atom. The van der Waals surface area contributed by atoms with Crippen LogP contribution >= 0.6 is 0 Å². The zero-order valence-corrected chi connectivity index (χ0v) is 16.4. The predicted molar refractivity (Wildman–Crippen MR) is 98.5 cm³/mol. The van der Waals surface area contributed by atoms with Gasteiger partial charge in [-0.05, 0) is 12.5 Å². The van der Waals surface area contributed by atoms with Crippen molar-refractivity contribution in [3.05, 3.63) is 42.7 Å². The second-order valence-corrected chi connectivity index (χ2v) is 7.62. The zero-order valence-electron chi connectivity index (χ0n) is 16.4. The van der Waals surface area contributed by atoms with E-state index in [1.54, 1.807) is 31.1 Å². The number of nitrogens with zero attached hydrogens (tertiary/aromatic N) is 4. The zero-order chi connectivity index (χ0) is 22.7. The average Bonchev–Trinajstić information content (AvgIpc) is 3.37. The first-order valence-electron chi connectivity index (χ1n) is 9.45. The number of aliphatic carboxylic acids is 1. The molecular weight excluding hydrogens is 427 g/mol. The van der Waals surface area contributed by atoms with Crippen molar-refractivity contribution in [3.63, 3.8) is 0 Å². The molecule has 0 aliphatic carbocycles. The minimum Gasteiger partial charge on any atom is -0.475 e.